The van der Waals surface area contributed by atoms with Crippen molar-refractivity contribution in [3.8, 4) is 11.5 Å². The lowest BCUT2D eigenvalue weighted by Crippen LogP contribution is -2.16. The van der Waals surface area contributed by atoms with Crippen LogP contribution in [0.2, 0.25) is 0 Å². The van der Waals surface area contributed by atoms with Crippen LogP contribution in [0.1, 0.15) is 46.0 Å². The zero-order valence-corrected chi connectivity index (χ0v) is 13.8. The van der Waals surface area contributed by atoms with Crippen molar-refractivity contribution in [1.29, 1.82) is 0 Å². The molecule has 0 aliphatic carbocycles. The number of phenolic OH excluding ortho intramolecular Hbond substituents is 1. The van der Waals surface area contributed by atoms with Gasteiger partial charge in [0.1, 0.15) is 5.75 Å². The minimum Gasteiger partial charge on any atom is -0.502 e. The van der Waals surface area contributed by atoms with Crippen molar-refractivity contribution in [3.05, 3.63) is 22.2 Å². The molecule has 0 saturated carbocycles. The zero-order chi connectivity index (χ0) is 16.7. The number of nitro benzene ring substituents is 1. The molecule has 124 valence electrons. The van der Waals surface area contributed by atoms with Crippen molar-refractivity contribution in [2.45, 2.75) is 52.1 Å². The van der Waals surface area contributed by atoms with E-state index in [1.54, 1.807) is 19.0 Å². The average Bonchev–Trinajstić information content (AvgIpc) is 2.44. The summed E-state index contributed by atoms with van der Waals surface area (Å²) < 4.78 is 5.88. The lowest BCUT2D eigenvalue weighted by atomic mass is 10.1. The first-order valence-electron chi connectivity index (χ1n) is 7.72. The molecule has 1 rings (SSSR count). The van der Waals surface area contributed by atoms with Crippen LogP contribution >= 0.6 is 0 Å². The van der Waals surface area contributed by atoms with E-state index in [0.29, 0.717) is 11.4 Å². The topological polar surface area (TPSA) is 75.8 Å². The Balaban J connectivity index is 2.86. The predicted octanol–water partition coefficient (Wildman–Crippen LogP) is 4.10. The summed E-state index contributed by atoms with van der Waals surface area (Å²) in [5, 5.41) is 20.7. The molecule has 6 heteroatoms. The van der Waals surface area contributed by atoms with Gasteiger partial charge in [0.25, 0.3) is 0 Å². The Hall–Kier alpha value is -1.98. The quantitative estimate of drug-likeness (QED) is 0.422. The van der Waals surface area contributed by atoms with E-state index in [1.807, 2.05) is 6.92 Å². The second-order valence-electron chi connectivity index (χ2n) is 5.74. The number of anilines is 1. The molecule has 0 aromatic heterocycles. The number of unbranched alkanes of at least 4 members (excludes halogenated alkanes) is 3. The van der Waals surface area contributed by atoms with Crippen molar-refractivity contribution in [1.82, 2.24) is 0 Å². The molecule has 0 fully saturated rings. The molecule has 0 spiro atoms. The van der Waals surface area contributed by atoms with Crippen molar-refractivity contribution < 1.29 is 14.8 Å². The van der Waals surface area contributed by atoms with E-state index < -0.39 is 4.92 Å². The first-order valence-corrected chi connectivity index (χ1v) is 7.72. The average molecular weight is 310 g/mol. The summed E-state index contributed by atoms with van der Waals surface area (Å²) in [6.45, 7) is 4.13. The van der Waals surface area contributed by atoms with Crippen LogP contribution < -0.4 is 9.64 Å². The van der Waals surface area contributed by atoms with E-state index in [0.717, 1.165) is 12.8 Å². The second kappa shape index (κ2) is 8.46. The number of aromatic hydroxyl groups is 1. The fourth-order valence-corrected chi connectivity index (χ4v) is 2.27. The van der Waals surface area contributed by atoms with Crippen molar-refractivity contribution in [3.63, 3.8) is 0 Å². The Labute approximate surface area is 131 Å². The first-order chi connectivity index (χ1) is 10.4. The molecule has 0 heterocycles. The minimum absolute atomic E-state index is 0.0281. The van der Waals surface area contributed by atoms with Gasteiger partial charge in [-0.05, 0) is 19.8 Å². The van der Waals surface area contributed by atoms with Gasteiger partial charge in [0.15, 0.2) is 5.75 Å². The Kier molecular flexibility index (Phi) is 6.95. The van der Waals surface area contributed by atoms with Crippen molar-refractivity contribution in [2.24, 2.45) is 0 Å². The van der Waals surface area contributed by atoms with Gasteiger partial charge >= 0.3 is 5.69 Å². The Morgan fingerprint density at radius 2 is 2.00 bits per heavy atom. The van der Waals surface area contributed by atoms with E-state index in [9.17, 15) is 15.2 Å². The van der Waals surface area contributed by atoms with Crippen molar-refractivity contribution >= 4 is 11.4 Å². The summed E-state index contributed by atoms with van der Waals surface area (Å²) in [4.78, 5) is 12.1. The molecule has 0 unspecified atom stereocenters. The highest BCUT2D eigenvalue weighted by Gasteiger charge is 2.20. The standard InChI is InChI=1S/C16H26N2O4/c1-5-6-7-8-9-12(2)22-16-11-13(18(20)21)15(19)10-14(16)17(3)4/h10-12,19H,5-9H2,1-4H3/t12-/m0/s1. The highest BCUT2D eigenvalue weighted by molar-refractivity contribution is 5.67. The van der Waals surface area contributed by atoms with Gasteiger partial charge in [0.2, 0.25) is 0 Å². The molecule has 0 amide bonds. The third-order valence-corrected chi connectivity index (χ3v) is 3.53. The Morgan fingerprint density at radius 3 is 2.55 bits per heavy atom. The highest BCUT2D eigenvalue weighted by atomic mass is 16.6. The smallest absolute Gasteiger partial charge is 0.314 e. The summed E-state index contributed by atoms with van der Waals surface area (Å²) in [6.07, 6.45) is 5.51. The molecule has 0 bridgehead atoms. The first kappa shape index (κ1) is 18.1. The maximum absolute atomic E-state index is 11.0. The van der Waals surface area contributed by atoms with Crippen LogP contribution in [0, 0.1) is 10.1 Å². The number of hydrogen-bond donors (Lipinski definition) is 1. The maximum Gasteiger partial charge on any atom is 0.314 e. The van der Waals surface area contributed by atoms with Crippen LogP contribution in [0.25, 0.3) is 0 Å². The van der Waals surface area contributed by atoms with Crippen LogP contribution in [0.3, 0.4) is 0 Å². The number of benzene rings is 1. The van der Waals surface area contributed by atoms with E-state index in [2.05, 4.69) is 6.92 Å². The van der Waals surface area contributed by atoms with Crippen LogP contribution in [0.5, 0.6) is 11.5 Å². The van der Waals surface area contributed by atoms with Gasteiger partial charge in [0.05, 0.1) is 22.8 Å². The second-order valence-corrected chi connectivity index (χ2v) is 5.74. The van der Waals surface area contributed by atoms with Gasteiger partial charge in [-0.25, -0.2) is 0 Å². The summed E-state index contributed by atoms with van der Waals surface area (Å²) in [5.74, 6) is 0.0779. The number of hydrogen-bond acceptors (Lipinski definition) is 5. The highest BCUT2D eigenvalue weighted by Crippen LogP contribution is 2.39. The van der Waals surface area contributed by atoms with E-state index >= 15 is 0 Å². The summed E-state index contributed by atoms with van der Waals surface area (Å²) in [6, 6.07) is 2.67. The van der Waals surface area contributed by atoms with Gasteiger partial charge < -0.3 is 14.7 Å². The van der Waals surface area contributed by atoms with Gasteiger partial charge in [-0.1, -0.05) is 26.2 Å². The van der Waals surface area contributed by atoms with Crippen molar-refractivity contribution in [2.75, 3.05) is 19.0 Å². The van der Waals surface area contributed by atoms with E-state index in [-0.39, 0.29) is 17.5 Å². The van der Waals surface area contributed by atoms with E-state index in [1.165, 1.54) is 31.4 Å². The molecule has 1 aromatic rings. The minimum atomic E-state index is -0.604. The number of nitrogens with zero attached hydrogens (tertiary/aromatic N) is 2. The summed E-state index contributed by atoms with van der Waals surface area (Å²) >= 11 is 0. The molecule has 6 nitrogen and oxygen atoms in total. The molecule has 1 N–H and O–H groups in total. The van der Waals surface area contributed by atoms with Crippen LogP contribution in [0.15, 0.2) is 12.1 Å². The number of nitro groups is 1. The normalized spacial score (nSPS) is 12.0. The van der Waals surface area contributed by atoms with Crippen LogP contribution in [-0.4, -0.2) is 30.2 Å². The molecule has 0 radical (unpaired) electrons. The van der Waals surface area contributed by atoms with Crippen LogP contribution in [0.4, 0.5) is 11.4 Å². The van der Waals surface area contributed by atoms with Crippen LogP contribution in [-0.2, 0) is 0 Å². The predicted molar refractivity (Wildman–Crippen MR) is 87.9 cm³/mol. The van der Waals surface area contributed by atoms with Gasteiger partial charge in [-0.2, -0.15) is 0 Å². The number of ether oxygens (including phenoxy) is 1. The SMILES string of the molecule is CCCCCC[C@H](C)Oc1cc([N+](=O)[O-])c(O)cc1N(C)C. The lowest BCUT2D eigenvalue weighted by molar-refractivity contribution is -0.385. The maximum atomic E-state index is 11.0. The lowest BCUT2D eigenvalue weighted by Gasteiger charge is -2.21. The summed E-state index contributed by atoms with van der Waals surface area (Å²) in [5.41, 5.74) is 0.294. The van der Waals surface area contributed by atoms with E-state index in [4.69, 9.17) is 4.74 Å². The molecular formula is C16H26N2O4. The number of rotatable bonds is 9. The Bertz CT molecular complexity index is 503. The largest absolute Gasteiger partial charge is 0.502 e. The molecule has 1 atom stereocenters. The molecule has 22 heavy (non-hydrogen) atoms. The molecule has 0 saturated heterocycles. The number of phenols is 1. The molecule has 0 aliphatic heterocycles. The van der Waals surface area contributed by atoms with Gasteiger partial charge in [-0.3, -0.25) is 10.1 Å². The van der Waals surface area contributed by atoms with Gasteiger partial charge in [-0.15, -0.1) is 0 Å². The molecule has 0 aliphatic rings. The monoisotopic (exact) mass is 310 g/mol. The fourth-order valence-electron chi connectivity index (χ4n) is 2.27. The zero-order valence-electron chi connectivity index (χ0n) is 13.8. The van der Waals surface area contributed by atoms with Gasteiger partial charge in [0, 0.05) is 20.2 Å². The molecule has 1 aromatic carbocycles. The third-order valence-electron chi connectivity index (χ3n) is 3.53. The third kappa shape index (κ3) is 5.09. The molecular weight excluding hydrogens is 284 g/mol. The fraction of sp³-hybridized carbons (Fsp3) is 0.625. The summed E-state index contributed by atoms with van der Waals surface area (Å²) in [7, 11) is 3.61. The Morgan fingerprint density at radius 1 is 1.32 bits per heavy atom.